The second-order valence-corrected chi connectivity index (χ2v) is 6.83. The Balaban J connectivity index is 0.000000149. The summed E-state index contributed by atoms with van der Waals surface area (Å²) in [7, 11) is 0. The van der Waals surface area contributed by atoms with E-state index in [0.717, 1.165) is 27.8 Å². The van der Waals surface area contributed by atoms with Crippen molar-refractivity contribution in [1.29, 1.82) is 0 Å². The number of nitrogens with zero attached hydrogens (tertiary/aromatic N) is 4. The van der Waals surface area contributed by atoms with Gasteiger partial charge in [-0.3, -0.25) is 4.98 Å². The molecule has 0 bridgehead atoms. The normalized spacial score (nSPS) is 12.0. The molecule has 3 heterocycles. The Morgan fingerprint density at radius 3 is 1.81 bits per heavy atom. The van der Waals surface area contributed by atoms with Crippen molar-refractivity contribution in [3.8, 4) is 0 Å². The Hall–Kier alpha value is -3.53. The van der Waals surface area contributed by atoms with Crippen molar-refractivity contribution < 1.29 is 31.5 Å². The molecule has 0 radical (unpaired) electrons. The van der Waals surface area contributed by atoms with Crippen LogP contribution in [0.15, 0.2) is 116 Å². The van der Waals surface area contributed by atoms with Gasteiger partial charge < -0.3 is 4.98 Å². The SMILES string of the molecule is C1=[N+](c2ccccc2)C=C[N+]=1c1ccccc1.[Au+].c1ccc2c(c1)[n-]c1ccncc12. The van der Waals surface area contributed by atoms with E-state index in [1.807, 2.05) is 88.4 Å². The van der Waals surface area contributed by atoms with E-state index in [1.54, 1.807) is 6.20 Å². The molecule has 0 aliphatic carbocycles. The number of para-hydroxylation sites is 3. The second-order valence-electron chi connectivity index (χ2n) is 6.83. The van der Waals surface area contributed by atoms with Gasteiger partial charge in [0.2, 0.25) is 11.4 Å². The molecule has 2 aromatic heterocycles. The second kappa shape index (κ2) is 9.52. The quantitative estimate of drug-likeness (QED) is 0.198. The molecule has 5 aromatic rings. The number of aromatic nitrogens is 2. The third-order valence-electron chi connectivity index (χ3n) is 4.88. The molecule has 5 heteroatoms. The van der Waals surface area contributed by atoms with E-state index in [-0.39, 0.29) is 22.4 Å². The van der Waals surface area contributed by atoms with Crippen LogP contribution in [0.25, 0.3) is 21.8 Å². The van der Waals surface area contributed by atoms with Crippen LogP contribution in [0.1, 0.15) is 0 Å². The predicted molar refractivity (Wildman–Crippen MR) is 119 cm³/mol. The van der Waals surface area contributed by atoms with Crippen molar-refractivity contribution in [2.24, 2.45) is 0 Å². The fourth-order valence-electron chi connectivity index (χ4n) is 3.40. The summed E-state index contributed by atoms with van der Waals surface area (Å²) in [6, 6.07) is 33.7. The van der Waals surface area contributed by atoms with Crippen LogP contribution in [0.5, 0.6) is 0 Å². The minimum absolute atomic E-state index is 0. The van der Waals surface area contributed by atoms with Gasteiger partial charge in [-0.15, -0.1) is 11.0 Å². The molecule has 152 valence electrons. The maximum Gasteiger partial charge on any atom is 1.00 e. The van der Waals surface area contributed by atoms with E-state index in [2.05, 4.69) is 46.3 Å². The Morgan fingerprint density at radius 1 is 0.613 bits per heavy atom. The van der Waals surface area contributed by atoms with Crippen LogP contribution in [-0.2, 0) is 22.4 Å². The van der Waals surface area contributed by atoms with E-state index in [1.165, 1.54) is 5.39 Å². The third kappa shape index (κ3) is 4.48. The Labute approximate surface area is 196 Å². The number of hydrogen-bond acceptors (Lipinski definition) is 1. The van der Waals surface area contributed by atoms with Crippen LogP contribution < -0.4 is 4.98 Å². The van der Waals surface area contributed by atoms with Gasteiger partial charge in [0, 0.05) is 36.7 Å². The zero-order chi connectivity index (χ0) is 20.2. The van der Waals surface area contributed by atoms with Gasteiger partial charge in [0.05, 0.1) is 0 Å². The molecule has 6 rings (SSSR count). The van der Waals surface area contributed by atoms with Gasteiger partial charge in [0.15, 0.2) is 0 Å². The van der Waals surface area contributed by atoms with Crippen molar-refractivity contribution in [2.75, 3.05) is 0 Å². The van der Waals surface area contributed by atoms with Crippen molar-refractivity contribution in [3.05, 3.63) is 116 Å². The van der Waals surface area contributed by atoms with Crippen LogP contribution in [0.3, 0.4) is 0 Å². The Kier molecular flexibility index (Phi) is 6.37. The summed E-state index contributed by atoms with van der Waals surface area (Å²) in [5.74, 6) is 0. The summed E-state index contributed by atoms with van der Waals surface area (Å²) in [5.41, 5.74) is 4.30. The molecule has 0 atom stereocenters. The first-order chi connectivity index (χ1) is 14.9. The molecule has 3 aromatic carbocycles. The largest absolute Gasteiger partial charge is 1.00 e. The van der Waals surface area contributed by atoms with Crippen LogP contribution in [0.2, 0.25) is 0 Å². The zero-order valence-corrected chi connectivity index (χ0v) is 18.7. The van der Waals surface area contributed by atoms with Gasteiger partial charge in [0.25, 0.3) is 12.4 Å². The van der Waals surface area contributed by atoms with Crippen LogP contribution in [0, 0.1) is 0 Å². The van der Waals surface area contributed by atoms with Gasteiger partial charge in [-0.1, -0.05) is 75.9 Å². The van der Waals surface area contributed by atoms with Crippen LogP contribution in [-0.4, -0.2) is 20.1 Å². The van der Waals surface area contributed by atoms with Gasteiger partial charge >= 0.3 is 28.4 Å². The van der Waals surface area contributed by atoms with Crippen molar-refractivity contribution in [2.45, 2.75) is 0 Å². The molecule has 4 nitrogen and oxygen atoms in total. The van der Waals surface area contributed by atoms with E-state index >= 15 is 0 Å². The molecule has 0 spiro atoms. The Morgan fingerprint density at radius 2 is 1.16 bits per heavy atom. The summed E-state index contributed by atoms with van der Waals surface area (Å²) >= 11 is 0. The topological polar surface area (TPSA) is 33.0 Å². The zero-order valence-electron chi connectivity index (χ0n) is 16.6. The molecule has 0 N–H and O–H groups in total. The minimum Gasteiger partial charge on any atom is -0.657 e. The number of pyridine rings is 1. The number of rotatable bonds is 2. The molecule has 0 amide bonds. The van der Waals surface area contributed by atoms with E-state index in [0.29, 0.717) is 0 Å². The third-order valence-corrected chi connectivity index (χ3v) is 4.88. The maximum atomic E-state index is 4.48. The standard InChI is InChI=1S/C15H12N2.C11H7N2.Au/c1-3-7-14(8-4-1)16-11-12-17(13-16)15-9-5-2-6-10-15;1-2-4-10-8(3-1)9-7-12-6-5-11(9)13-10;/h1-12H;1-7H;/q+2;-1;+1. The fourth-order valence-corrected chi connectivity index (χ4v) is 3.40. The molecule has 1 aliphatic rings. The molecule has 0 saturated heterocycles. The number of fused-ring (bicyclic) bond motifs is 3. The van der Waals surface area contributed by atoms with Gasteiger partial charge in [-0.25, -0.2) is 0 Å². The van der Waals surface area contributed by atoms with Crippen LogP contribution in [0.4, 0.5) is 11.4 Å². The number of hydrogen-bond donors (Lipinski definition) is 0. The summed E-state index contributed by atoms with van der Waals surface area (Å²) in [6.45, 7) is 0. The fraction of sp³-hybridized carbons (Fsp3) is 0. The first-order valence-electron chi connectivity index (χ1n) is 9.77. The average Bonchev–Trinajstić information content (AvgIpc) is 3.46. The van der Waals surface area contributed by atoms with E-state index < -0.39 is 0 Å². The molecular formula is C26H19AuN4+2. The molecule has 0 unspecified atom stereocenters. The molecule has 0 fully saturated rings. The first-order valence-corrected chi connectivity index (χ1v) is 9.77. The van der Waals surface area contributed by atoms with Crippen molar-refractivity contribution in [1.82, 2.24) is 9.97 Å². The van der Waals surface area contributed by atoms with Crippen molar-refractivity contribution in [3.63, 3.8) is 0 Å². The van der Waals surface area contributed by atoms with E-state index in [4.69, 9.17) is 0 Å². The molecular weight excluding hydrogens is 565 g/mol. The van der Waals surface area contributed by atoms with Crippen molar-refractivity contribution >= 4 is 39.2 Å². The average molecular weight is 584 g/mol. The van der Waals surface area contributed by atoms with Crippen LogP contribution >= 0.6 is 0 Å². The van der Waals surface area contributed by atoms with Gasteiger partial charge in [-0.05, 0) is 10.8 Å². The summed E-state index contributed by atoms with van der Waals surface area (Å²) in [5, 5.41) is 2.32. The summed E-state index contributed by atoms with van der Waals surface area (Å²) in [4.78, 5) is 8.57. The summed E-state index contributed by atoms with van der Waals surface area (Å²) in [6.07, 6.45) is 7.64. The smallest absolute Gasteiger partial charge is 0.657 e. The van der Waals surface area contributed by atoms with Gasteiger partial charge in [0.1, 0.15) is 0 Å². The first kappa shape index (κ1) is 20.7. The monoisotopic (exact) mass is 584 g/mol. The molecule has 31 heavy (non-hydrogen) atoms. The van der Waals surface area contributed by atoms with E-state index in [9.17, 15) is 0 Å². The molecule has 1 aliphatic heterocycles. The maximum absolute atomic E-state index is 4.48. The molecule has 0 saturated carbocycles. The number of benzene rings is 3. The van der Waals surface area contributed by atoms with Gasteiger partial charge in [-0.2, -0.15) is 0 Å². The Bertz CT molecular complexity index is 1310. The predicted octanol–water partition coefficient (Wildman–Crippen LogP) is 5.68. The summed E-state index contributed by atoms with van der Waals surface area (Å²) < 4.78 is 3.96. The minimum atomic E-state index is 0.